The number of halogens is 3. The van der Waals surface area contributed by atoms with Crippen LogP contribution in [0.15, 0.2) is 58.3 Å². The molecule has 0 aliphatic heterocycles. The van der Waals surface area contributed by atoms with Crippen LogP contribution in [0.2, 0.25) is 15.1 Å². The number of hydrogen-bond acceptors (Lipinski definition) is 3. The van der Waals surface area contributed by atoms with Crippen molar-refractivity contribution in [1.29, 1.82) is 0 Å². The Bertz CT molecular complexity index is 1120. The van der Waals surface area contributed by atoms with E-state index in [1.165, 1.54) is 18.2 Å². The molecule has 6 nitrogen and oxygen atoms in total. The first kappa shape index (κ1) is 19.2. The summed E-state index contributed by atoms with van der Waals surface area (Å²) < 4.78 is 0.904. The summed E-state index contributed by atoms with van der Waals surface area (Å²) >= 11 is 17.9. The monoisotopic (exact) mass is 423 g/mol. The smallest absolute Gasteiger partial charge is 0.322 e. The standard InChI is InChI=1S/C18H12Cl3N3O3/c19-11-5-12(20)7-13(6-11)23-16(25)14-8-22-18(27)24(17(14)26)9-10-3-1-2-4-15(10)21/h1-8H,9H2,(H,22,27)(H,23,25). The molecule has 1 heterocycles. The maximum absolute atomic E-state index is 12.7. The predicted molar refractivity (Wildman–Crippen MR) is 106 cm³/mol. The van der Waals surface area contributed by atoms with Gasteiger partial charge in [0.1, 0.15) is 5.56 Å². The second-order valence-corrected chi connectivity index (χ2v) is 6.88. The maximum Gasteiger partial charge on any atom is 0.328 e. The molecule has 0 saturated carbocycles. The van der Waals surface area contributed by atoms with Crippen molar-refractivity contribution in [3.05, 3.63) is 95.7 Å². The molecule has 3 aromatic rings. The normalized spacial score (nSPS) is 10.6. The fraction of sp³-hybridized carbons (Fsp3) is 0.0556. The zero-order valence-electron chi connectivity index (χ0n) is 13.6. The molecular formula is C18H12Cl3N3O3. The Morgan fingerprint density at radius 1 is 1.04 bits per heavy atom. The number of nitrogens with zero attached hydrogens (tertiary/aromatic N) is 1. The molecule has 1 amide bonds. The number of carbonyl (C=O) groups is 1. The van der Waals surface area contributed by atoms with Crippen LogP contribution in [0.3, 0.4) is 0 Å². The number of nitrogens with one attached hydrogen (secondary N) is 2. The first-order valence-electron chi connectivity index (χ1n) is 7.68. The van der Waals surface area contributed by atoms with E-state index in [0.29, 0.717) is 26.3 Å². The van der Waals surface area contributed by atoms with E-state index >= 15 is 0 Å². The number of anilines is 1. The van der Waals surface area contributed by atoms with Crippen LogP contribution in [-0.2, 0) is 6.54 Å². The van der Waals surface area contributed by atoms with E-state index in [1.54, 1.807) is 24.3 Å². The van der Waals surface area contributed by atoms with Gasteiger partial charge in [0.05, 0.1) is 6.54 Å². The fourth-order valence-electron chi connectivity index (χ4n) is 2.44. The number of amides is 1. The highest BCUT2D eigenvalue weighted by Gasteiger charge is 2.16. The van der Waals surface area contributed by atoms with E-state index in [9.17, 15) is 14.4 Å². The molecule has 0 bridgehead atoms. The lowest BCUT2D eigenvalue weighted by atomic mass is 10.2. The quantitative estimate of drug-likeness (QED) is 0.668. The van der Waals surface area contributed by atoms with Gasteiger partial charge in [0.25, 0.3) is 11.5 Å². The number of rotatable bonds is 4. The molecule has 27 heavy (non-hydrogen) atoms. The Labute approximate surface area is 168 Å². The van der Waals surface area contributed by atoms with E-state index in [0.717, 1.165) is 10.8 Å². The van der Waals surface area contributed by atoms with Gasteiger partial charge in [-0.2, -0.15) is 0 Å². The van der Waals surface area contributed by atoms with Crippen LogP contribution in [-0.4, -0.2) is 15.5 Å². The van der Waals surface area contributed by atoms with Crippen molar-refractivity contribution in [3.8, 4) is 0 Å². The van der Waals surface area contributed by atoms with Crippen LogP contribution in [0.4, 0.5) is 5.69 Å². The summed E-state index contributed by atoms with van der Waals surface area (Å²) in [6, 6.07) is 11.3. The summed E-state index contributed by atoms with van der Waals surface area (Å²) in [5, 5.41) is 3.60. The van der Waals surface area contributed by atoms with Crippen LogP contribution in [0.1, 0.15) is 15.9 Å². The Balaban J connectivity index is 1.95. The van der Waals surface area contributed by atoms with Crippen LogP contribution in [0, 0.1) is 0 Å². The number of aromatic nitrogens is 2. The molecule has 3 rings (SSSR count). The average Bonchev–Trinajstić information content (AvgIpc) is 2.59. The Kier molecular flexibility index (Phi) is 5.70. The van der Waals surface area contributed by atoms with Crippen LogP contribution >= 0.6 is 34.8 Å². The van der Waals surface area contributed by atoms with Crippen molar-refractivity contribution in [3.63, 3.8) is 0 Å². The molecule has 138 valence electrons. The van der Waals surface area contributed by atoms with Crippen molar-refractivity contribution >= 4 is 46.4 Å². The van der Waals surface area contributed by atoms with Crippen molar-refractivity contribution in [2.45, 2.75) is 6.54 Å². The number of H-pyrrole nitrogens is 1. The van der Waals surface area contributed by atoms with Gasteiger partial charge in [-0.15, -0.1) is 0 Å². The van der Waals surface area contributed by atoms with E-state index in [4.69, 9.17) is 34.8 Å². The van der Waals surface area contributed by atoms with Gasteiger partial charge in [-0.05, 0) is 29.8 Å². The zero-order chi connectivity index (χ0) is 19.6. The molecular weight excluding hydrogens is 413 g/mol. The van der Waals surface area contributed by atoms with Gasteiger partial charge in [-0.25, -0.2) is 4.79 Å². The number of carbonyl (C=O) groups excluding carboxylic acids is 1. The molecule has 0 aliphatic rings. The van der Waals surface area contributed by atoms with Gasteiger partial charge >= 0.3 is 5.69 Å². The zero-order valence-corrected chi connectivity index (χ0v) is 15.9. The summed E-state index contributed by atoms with van der Waals surface area (Å²) in [4.78, 5) is 39.6. The van der Waals surface area contributed by atoms with Crippen molar-refractivity contribution in [2.75, 3.05) is 5.32 Å². The third kappa shape index (κ3) is 4.42. The number of aromatic amines is 1. The second-order valence-electron chi connectivity index (χ2n) is 5.60. The highest BCUT2D eigenvalue weighted by Crippen LogP contribution is 2.22. The molecule has 0 radical (unpaired) electrons. The topological polar surface area (TPSA) is 84.0 Å². The van der Waals surface area contributed by atoms with E-state index < -0.39 is 17.2 Å². The first-order chi connectivity index (χ1) is 12.8. The highest BCUT2D eigenvalue weighted by atomic mass is 35.5. The molecule has 9 heteroatoms. The molecule has 0 aliphatic carbocycles. The molecule has 0 saturated heterocycles. The largest absolute Gasteiger partial charge is 0.328 e. The van der Waals surface area contributed by atoms with Gasteiger partial charge in [0.15, 0.2) is 0 Å². The molecule has 0 spiro atoms. The van der Waals surface area contributed by atoms with E-state index in [1.807, 2.05) is 0 Å². The van der Waals surface area contributed by atoms with Gasteiger partial charge in [-0.3, -0.25) is 14.2 Å². The average molecular weight is 425 g/mol. The Morgan fingerprint density at radius 2 is 1.70 bits per heavy atom. The van der Waals surface area contributed by atoms with Gasteiger partial charge in [0, 0.05) is 27.0 Å². The molecule has 0 unspecified atom stereocenters. The molecule has 2 aromatic carbocycles. The van der Waals surface area contributed by atoms with Gasteiger partial charge in [-0.1, -0.05) is 53.0 Å². The predicted octanol–water partition coefficient (Wildman–Crippen LogP) is 3.80. The fourth-order valence-corrected chi connectivity index (χ4v) is 3.16. The van der Waals surface area contributed by atoms with Crippen LogP contribution in [0.5, 0.6) is 0 Å². The van der Waals surface area contributed by atoms with E-state index in [2.05, 4.69) is 10.3 Å². The van der Waals surface area contributed by atoms with Crippen molar-refractivity contribution in [2.24, 2.45) is 0 Å². The SMILES string of the molecule is O=C(Nc1cc(Cl)cc(Cl)c1)c1c[nH]c(=O)n(Cc2ccccc2Cl)c1=O. The van der Waals surface area contributed by atoms with Gasteiger partial charge in [0.2, 0.25) is 0 Å². The summed E-state index contributed by atoms with van der Waals surface area (Å²) in [6.07, 6.45) is 1.06. The lowest BCUT2D eigenvalue weighted by Crippen LogP contribution is -2.39. The molecule has 2 N–H and O–H groups in total. The Hall–Kier alpha value is -2.54. The molecule has 0 atom stereocenters. The molecule has 1 aromatic heterocycles. The third-order valence-corrected chi connectivity index (χ3v) is 4.52. The Morgan fingerprint density at radius 3 is 2.37 bits per heavy atom. The minimum atomic E-state index is -0.746. The minimum absolute atomic E-state index is 0.0715. The van der Waals surface area contributed by atoms with Crippen molar-refractivity contribution in [1.82, 2.24) is 9.55 Å². The molecule has 0 fully saturated rings. The number of hydrogen-bond donors (Lipinski definition) is 2. The summed E-state index contributed by atoms with van der Waals surface area (Å²) in [5.41, 5.74) is -0.740. The lowest BCUT2D eigenvalue weighted by molar-refractivity contribution is 0.102. The highest BCUT2D eigenvalue weighted by molar-refractivity contribution is 6.35. The minimum Gasteiger partial charge on any atom is -0.322 e. The van der Waals surface area contributed by atoms with Crippen LogP contribution in [0.25, 0.3) is 0 Å². The summed E-state index contributed by atoms with van der Waals surface area (Å²) in [5.74, 6) is -0.706. The second kappa shape index (κ2) is 8.00. The summed E-state index contributed by atoms with van der Waals surface area (Å²) in [6.45, 7) is -0.0715. The first-order valence-corrected chi connectivity index (χ1v) is 8.82. The van der Waals surface area contributed by atoms with Gasteiger partial charge < -0.3 is 10.3 Å². The van der Waals surface area contributed by atoms with E-state index in [-0.39, 0.29) is 12.1 Å². The lowest BCUT2D eigenvalue weighted by Gasteiger charge is -2.09. The van der Waals surface area contributed by atoms with Crippen molar-refractivity contribution < 1.29 is 4.79 Å². The third-order valence-electron chi connectivity index (χ3n) is 3.71. The van der Waals surface area contributed by atoms with Crippen LogP contribution < -0.4 is 16.6 Å². The number of benzene rings is 2. The maximum atomic E-state index is 12.7. The summed E-state index contributed by atoms with van der Waals surface area (Å²) in [7, 11) is 0.